The molecule has 0 spiro atoms. The molecular weight excluding hydrogens is 642 g/mol. The molecule has 0 amide bonds. The van der Waals surface area contributed by atoms with Gasteiger partial charge in [-0.3, -0.25) is 0 Å². The molecule has 0 atom stereocenters. The number of fused-ring (bicyclic) bond motifs is 1. The molecule has 4 aromatic carbocycles. The van der Waals surface area contributed by atoms with Crippen LogP contribution < -0.4 is 9.47 Å². The molecule has 1 heterocycles. The van der Waals surface area contributed by atoms with E-state index in [1.807, 2.05) is 18.2 Å². The Hall–Kier alpha value is -1.31. The van der Waals surface area contributed by atoms with E-state index in [4.69, 9.17) is 9.47 Å². The SMILES string of the molecule is CC(C)(C)Cc1[c-]c(-c2ccc3c(c2)OCCO3)ccc1.CC(C)(C)Cc1[c-]c(-c2ccccc2)ccc1.[Y].[Y]. The quantitative estimate of drug-likeness (QED) is 0.200. The second kappa shape index (κ2) is 15.8. The Morgan fingerprint density at radius 3 is 1.57 bits per heavy atom. The Labute approximate surface area is 292 Å². The predicted molar refractivity (Wildman–Crippen MR) is 159 cm³/mol. The van der Waals surface area contributed by atoms with Gasteiger partial charge >= 0.3 is 0 Å². The summed E-state index contributed by atoms with van der Waals surface area (Å²) in [6.45, 7) is 14.8. The van der Waals surface area contributed by atoms with E-state index in [2.05, 4.69) is 120 Å². The smallest absolute Gasteiger partial charge is 0.159 e. The monoisotopic (exact) mass is 682 g/mol. The van der Waals surface area contributed by atoms with Gasteiger partial charge in [-0.25, -0.2) is 0 Å². The van der Waals surface area contributed by atoms with Crippen LogP contribution in [0, 0.1) is 23.0 Å². The minimum atomic E-state index is 0. The van der Waals surface area contributed by atoms with Crippen LogP contribution in [0.25, 0.3) is 22.3 Å². The first-order chi connectivity index (χ1) is 18.1. The number of benzene rings is 4. The first-order valence-electron chi connectivity index (χ1n) is 13.5. The standard InChI is InChI=1S/C19H21O2.C17H19.2Y/c1-19(2,3)13-14-5-4-6-15(11-14)16-7-8-17-18(12-16)21-10-9-20-17;1-17(2,3)13-14-8-7-11-16(12-14)15-9-5-4-6-10-15;;/h4-8,12H,9-10,13H2,1-3H3;4-11H,13H2,1-3H3;;/q2*-1;;. The molecule has 0 aromatic heterocycles. The Bertz CT molecular complexity index is 1340. The second-order valence-corrected chi connectivity index (χ2v) is 12.4. The van der Waals surface area contributed by atoms with Crippen molar-refractivity contribution in [3.05, 3.63) is 108 Å². The molecule has 2 radical (unpaired) electrons. The molecule has 1 aliphatic rings. The van der Waals surface area contributed by atoms with E-state index in [0.29, 0.717) is 18.6 Å². The summed E-state index contributed by atoms with van der Waals surface area (Å²) >= 11 is 0. The molecule has 0 fully saturated rings. The van der Waals surface area contributed by atoms with Gasteiger partial charge in [0.1, 0.15) is 13.2 Å². The zero-order valence-electron chi connectivity index (χ0n) is 24.9. The van der Waals surface area contributed by atoms with Gasteiger partial charge in [-0.2, -0.15) is 0 Å². The maximum absolute atomic E-state index is 5.66. The third-order valence-electron chi connectivity index (χ3n) is 6.09. The molecule has 204 valence electrons. The average Bonchev–Trinajstić information content (AvgIpc) is 2.88. The van der Waals surface area contributed by atoms with Crippen LogP contribution >= 0.6 is 0 Å². The molecule has 0 aliphatic carbocycles. The van der Waals surface area contributed by atoms with Gasteiger partial charge in [0.15, 0.2) is 11.5 Å². The fraction of sp³-hybridized carbons (Fsp3) is 0.333. The fourth-order valence-corrected chi connectivity index (χ4v) is 4.55. The summed E-state index contributed by atoms with van der Waals surface area (Å²) in [5.74, 6) is 1.66. The van der Waals surface area contributed by atoms with Gasteiger partial charge in [0, 0.05) is 65.4 Å². The van der Waals surface area contributed by atoms with E-state index in [-0.39, 0.29) is 70.8 Å². The molecule has 4 heteroatoms. The van der Waals surface area contributed by atoms with E-state index in [1.54, 1.807) is 0 Å². The maximum Gasteiger partial charge on any atom is 0.159 e. The largest absolute Gasteiger partial charge is 0.487 e. The van der Waals surface area contributed by atoms with Crippen LogP contribution in [0.15, 0.2) is 84.9 Å². The van der Waals surface area contributed by atoms with Crippen molar-refractivity contribution in [3.8, 4) is 33.8 Å². The number of hydrogen-bond acceptors (Lipinski definition) is 2. The molecule has 4 aromatic rings. The summed E-state index contributed by atoms with van der Waals surface area (Å²) < 4.78 is 11.2. The summed E-state index contributed by atoms with van der Waals surface area (Å²) in [6, 6.07) is 36.3. The second-order valence-electron chi connectivity index (χ2n) is 12.4. The fourth-order valence-electron chi connectivity index (χ4n) is 4.55. The summed E-state index contributed by atoms with van der Waals surface area (Å²) in [5.41, 5.74) is 7.77. The molecular formula is C36H40O2Y2-2. The van der Waals surface area contributed by atoms with Crippen molar-refractivity contribution >= 4 is 0 Å². The Morgan fingerprint density at radius 1 is 0.550 bits per heavy atom. The van der Waals surface area contributed by atoms with Crippen LogP contribution in [-0.4, -0.2) is 13.2 Å². The summed E-state index contributed by atoms with van der Waals surface area (Å²) in [5, 5.41) is 0. The van der Waals surface area contributed by atoms with Crippen molar-refractivity contribution in [1.82, 2.24) is 0 Å². The summed E-state index contributed by atoms with van der Waals surface area (Å²) in [6.07, 6.45) is 2.08. The average molecular weight is 683 g/mol. The zero-order chi connectivity index (χ0) is 27.2. The Balaban J connectivity index is 0.000000272. The van der Waals surface area contributed by atoms with E-state index in [1.165, 1.54) is 22.3 Å². The van der Waals surface area contributed by atoms with Gasteiger partial charge in [-0.05, 0) is 29.7 Å². The Kier molecular flexibility index (Phi) is 13.8. The molecule has 2 nitrogen and oxygen atoms in total. The van der Waals surface area contributed by atoms with Gasteiger partial charge in [0.05, 0.1) is 0 Å². The summed E-state index contributed by atoms with van der Waals surface area (Å²) in [7, 11) is 0. The van der Waals surface area contributed by atoms with Crippen LogP contribution in [0.1, 0.15) is 52.7 Å². The first-order valence-corrected chi connectivity index (χ1v) is 13.5. The van der Waals surface area contributed by atoms with E-state index >= 15 is 0 Å². The van der Waals surface area contributed by atoms with Gasteiger partial charge in [-0.15, -0.1) is 70.8 Å². The Morgan fingerprint density at radius 2 is 1.05 bits per heavy atom. The van der Waals surface area contributed by atoms with Crippen molar-refractivity contribution in [2.24, 2.45) is 10.8 Å². The van der Waals surface area contributed by atoms with Crippen LogP contribution in [-0.2, 0) is 78.3 Å². The normalized spacial score (nSPS) is 12.2. The van der Waals surface area contributed by atoms with Crippen LogP contribution in [0.5, 0.6) is 11.5 Å². The maximum atomic E-state index is 5.66. The van der Waals surface area contributed by atoms with E-state index in [0.717, 1.165) is 35.5 Å². The van der Waals surface area contributed by atoms with Crippen molar-refractivity contribution in [3.63, 3.8) is 0 Å². The number of hydrogen-bond donors (Lipinski definition) is 0. The first kappa shape index (κ1) is 34.9. The number of rotatable bonds is 4. The predicted octanol–water partition coefficient (Wildman–Crippen LogP) is 9.25. The van der Waals surface area contributed by atoms with Gasteiger partial charge in [-0.1, -0.05) is 95.1 Å². The van der Waals surface area contributed by atoms with Crippen LogP contribution in [0.3, 0.4) is 0 Å². The van der Waals surface area contributed by atoms with Crippen molar-refractivity contribution in [2.75, 3.05) is 13.2 Å². The van der Waals surface area contributed by atoms with Gasteiger partial charge < -0.3 is 9.47 Å². The minimum absolute atomic E-state index is 0. The molecule has 0 bridgehead atoms. The molecule has 0 N–H and O–H groups in total. The van der Waals surface area contributed by atoms with Gasteiger partial charge in [0.25, 0.3) is 0 Å². The van der Waals surface area contributed by atoms with Crippen LogP contribution in [0.4, 0.5) is 0 Å². The van der Waals surface area contributed by atoms with E-state index in [9.17, 15) is 0 Å². The zero-order valence-corrected chi connectivity index (χ0v) is 30.6. The van der Waals surface area contributed by atoms with Crippen molar-refractivity contribution in [2.45, 2.75) is 54.4 Å². The summed E-state index contributed by atoms with van der Waals surface area (Å²) in [4.78, 5) is 0. The third kappa shape index (κ3) is 11.2. The van der Waals surface area contributed by atoms with Crippen molar-refractivity contribution < 1.29 is 74.9 Å². The van der Waals surface area contributed by atoms with E-state index < -0.39 is 0 Å². The number of ether oxygens (including phenoxy) is 2. The molecule has 0 unspecified atom stereocenters. The molecule has 40 heavy (non-hydrogen) atoms. The molecule has 1 aliphatic heterocycles. The molecule has 0 saturated carbocycles. The molecule has 0 saturated heterocycles. The topological polar surface area (TPSA) is 18.5 Å². The minimum Gasteiger partial charge on any atom is -0.487 e. The van der Waals surface area contributed by atoms with Gasteiger partial charge in [0.2, 0.25) is 0 Å². The molecule has 5 rings (SSSR count). The third-order valence-corrected chi connectivity index (χ3v) is 6.09. The van der Waals surface area contributed by atoms with Crippen LogP contribution in [0.2, 0.25) is 0 Å². The van der Waals surface area contributed by atoms with Crippen molar-refractivity contribution in [1.29, 1.82) is 0 Å².